The molecule has 1 N–H and O–H groups in total. The Bertz CT molecular complexity index is 1040. The Balaban J connectivity index is 1.42. The van der Waals surface area contributed by atoms with Crippen LogP contribution < -0.4 is 5.32 Å². The first-order valence-electron chi connectivity index (χ1n) is 9.43. The zero-order valence-corrected chi connectivity index (χ0v) is 16.2. The summed E-state index contributed by atoms with van der Waals surface area (Å²) in [5.74, 6) is 1.11. The number of benzene rings is 1. The third-order valence-electron chi connectivity index (χ3n) is 4.91. The van der Waals surface area contributed by atoms with Crippen molar-refractivity contribution in [1.82, 2.24) is 20.2 Å². The van der Waals surface area contributed by atoms with E-state index in [0.717, 1.165) is 17.5 Å². The Labute approximate surface area is 167 Å². The van der Waals surface area contributed by atoms with Gasteiger partial charge >= 0.3 is 0 Å². The number of nitrogens with one attached hydrogen (secondary N) is 1. The number of amides is 2. The molecule has 2 amide bonds. The molecule has 3 heterocycles. The van der Waals surface area contributed by atoms with Crippen LogP contribution in [0.1, 0.15) is 30.1 Å². The van der Waals surface area contributed by atoms with Gasteiger partial charge in [0.15, 0.2) is 5.82 Å². The van der Waals surface area contributed by atoms with Gasteiger partial charge in [-0.2, -0.15) is 4.98 Å². The van der Waals surface area contributed by atoms with Crippen molar-refractivity contribution in [3.63, 3.8) is 0 Å². The summed E-state index contributed by atoms with van der Waals surface area (Å²) >= 11 is 0. The number of likely N-dealkylation sites (tertiary alicyclic amines) is 1. The average molecular weight is 395 g/mol. The fourth-order valence-corrected chi connectivity index (χ4v) is 3.46. The van der Waals surface area contributed by atoms with Crippen LogP contribution in [0.25, 0.3) is 11.4 Å². The predicted molar refractivity (Wildman–Crippen MR) is 103 cm³/mol. The summed E-state index contributed by atoms with van der Waals surface area (Å²) < 4.78 is 10.2. The van der Waals surface area contributed by atoms with E-state index in [0.29, 0.717) is 30.4 Å². The van der Waals surface area contributed by atoms with E-state index in [9.17, 15) is 9.59 Å². The molecule has 1 aliphatic heterocycles. The molecule has 0 saturated carbocycles. The molecule has 3 aromatic rings. The first kappa shape index (κ1) is 18.9. The van der Waals surface area contributed by atoms with Gasteiger partial charge in [0.2, 0.25) is 23.5 Å². The highest BCUT2D eigenvalue weighted by molar-refractivity contribution is 5.97. The highest BCUT2D eigenvalue weighted by Gasteiger charge is 2.35. The molecule has 150 valence electrons. The van der Waals surface area contributed by atoms with Crippen LogP contribution in [0.15, 0.2) is 39.4 Å². The Kier molecular flexibility index (Phi) is 5.11. The van der Waals surface area contributed by atoms with E-state index in [2.05, 4.69) is 20.6 Å². The Morgan fingerprint density at radius 3 is 2.79 bits per heavy atom. The number of carbonyl (C=O) groups excluding carboxylic acids is 2. The van der Waals surface area contributed by atoms with Crippen LogP contribution in [-0.4, -0.2) is 44.6 Å². The summed E-state index contributed by atoms with van der Waals surface area (Å²) in [5.41, 5.74) is 1.88. The molecule has 1 fully saturated rings. The number of hydrogen-bond donors (Lipinski definition) is 1. The van der Waals surface area contributed by atoms with E-state index in [1.165, 1.54) is 0 Å². The van der Waals surface area contributed by atoms with E-state index in [1.807, 2.05) is 31.2 Å². The molecular formula is C20H21N5O4. The van der Waals surface area contributed by atoms with Gasteiger partial charge in [-0.25, -0.2) is 0 Å². The van der Waals surface area contributed by atoms with Crippen molar-refractivity contribution in [3.05, 3.63) is 47.5 Å². The van der Waals surface area contributed by atoms with E-state index < -0.39 is 6.04 Å². The highest BCUT2D eigenvalue weighted by Crippen LogP contribution is 2.22. The molecule has 1 aromatic carbocycles. The van der Waals surface area contributed by atoms with Gasteiger partial charge in [-0.05, 0) is 32.3 Å². The Morgan fingerprint density at radius 2 is 2.03 bits per heavy atom. The molecule has 29 heavy (non-hydrogen) atoms. The van der Waals surface area contributed by atoms with Crippen LogP contribution in [0.3, 0.4) is 0 Å². The quantitative estimate of drug-likeness (QED) is 0.706. The minimum Gasteiger partial charge on any atom is -0.360 e. The SMILES string of the molecule is Cc1cc(NC(=O)C2CCCN2C(=O)Cc2nc(-c3ccccc3C)no2)no1. The van der Waals surface area contributed by atoms with Crippen LogP contribution >= 0.6 is 0 Å². The lowest BCUT2D eigenvalue weighted by molar-refractivity contribution is -0.136. The van der Waals surface area contributed by atoms with Crippen molar-refractivity contribution < 1.29 is 18.6 Å². The van der Waals surface area contributed by atoms with E-state index in [-0.39, 0.29) is 24.1 Å². The molecule has 1 unspecified atom stereocenters. The lowest BCUT2D eigenvalue weighted by Crippen LogP contribution is -2.43. The monoisotopic (exact) mass is 395 g/mol. The molecule has 0 bridgehead atoms. The van der Waals surface area contributed by atoms with Crippen molar-refractivity contribution in [3.8, 4) is 11.4 Å². The number of aromatic nitrogens is 3. The highest BCUT2D eigenvalue weighted by atomic mass is 16.5. The van der Waals surface area contributed by atoms with Gasteiger partial charge in [-0.15, -0.1) is 0 Å². The lowest BCUT2D eigenvalue weighted by atomic mass is 10.1. The normalized spacial score (nSPS) is 16.2. The zero-order valence-electron chi connectivity index (χ0n) is 16.2. The van der Waals surface area contributed by atoms with Gasteiger partial charge in [-0.1, -0.05) is 34.6 Å². The Hall–Kier alpha value is -3.49. The number of rotatable bonds is 5. The third kappa shape index (κ3) is 4.03. The van der Waals surface area contributed by atoms with Gasteiger partial charge in [0.05, 0.1) is 0 Å². The molecule has 1 aliphatic rings. The first-order valence-corrected chi connectivity index (χ1v) is 9.43. The van der Waals surface area contributed by atoms with Crippen LogP contribution in [0.2, 0.25) is 0 Å². The number of carbonyl (C=O) groups is 2. The van der Waals surface area contributed by atoms with Gasteiger partial charge < -0.3 is 19.3 Å². The van der Waals surface area contributed by atoms with Crippen molar-refractivity contribution in [2.75, 3.05) is 11.9 Å². The molecule has 4 rings (SSSR count). The van der Waals surface area contributed by atoms with Crippen molar-refractivity contribution >= 4 is 17.6 Å². The Morgan fingerprint density at radius 1 is 1.21 bits per heavy atom. The van der Waals surface area contributed by atoms with Crippen molar-refractivity contribution in [1.29, 1.82) is 0 Å². The molecule has 9 nitrogen and oxygen atoms in total. The topological polar surface area (TPSA) is 114 Å². The maximum atomic E-state index is 12.8. The van der Waals surface area contributed by atoms with E-state index in [1.54, 1.807) is 17.9 Å². The van der Waals surface area contributed by atoms with Crippen LogP contribution in [-0.2, 0) is 16.0 Å². The second-order valence-corrected chi connectivity index (χ2v) is 7.06. The van der Waals surface area contributed by atoms with Crippen LogP contribution in [0.4, 0.5) is 5.82 Å². The van der Waals surface area contributed by atoms with Crippen molar-refractivity contribution in [2.24, 2.45) is 0 Å². The van der Waals surface area contributed by atoms with Crippen LogP contribution in [0.5, 0.6) is 0 Å². The fourth-order valence-electron chi connectivity index (χ4n) is 3.46. The van der Waals surface area contributed by atoms with Gasteiger partial charge in [0, 0.05) is 18.2 Å². The summed E-state index contributed by atoms with van der Waals surface area (Å²) in [7, 11) is 0. The standard InChI is InChI=1S/C20H21N5O4/c1-12-6-3-4-7-14(12)19-22-17(29-24-19)11-18(26)25-9-5-8-15(25)20(27)21-16-10-13(2)28-23-16/h3-4,6-7,10,15H,5,8-9,11H2,1-2H3,(H,21,23,27). The van der Waals surface area contributed by atoms with Crippen molar-refractivity contribution in [2.45, 2.75) is 39.2 Å². The average Bonchev–Trinajstić information content (AvgIpc) is 3.43. The van der Waals surface area contributed by atoms with Gasteiger partial charge in [0.25, 0.3) is 0 Å². The predicted octanol–water partition coefficient (Wildman–Crippen LogP) is 2.51. The van der Waals surface area contributed by atoms with Gasteiger partial charge in [0.1, 0.15) is 18.2 Å². The number of nitrogens with zero attached hydrogens (tertiary/aromatic N) is 4. The second-order valence-electron chi connectivity index (χ2n) is 7.06. The van der Waals surface area contributed by atoms with Crippen LogP contribution in [0, 0.1) is 13.8 Å². The van der Waals surface area contributed by atoms with E-state index >= 15 is 0 Å². The maximum Gasteiger partial charge on any atom is 0.248 e. The summed E-state index contributed by atoms with van der Waals surface area (Å²) in [6.45, 7) is 4.21. The maximum absolute atomic E-state index is 12.8. The number of anilines is 1. The minimum absolute atomic E-state index is 0.0499. The van der Waals surface area contributed by atoms with E-state index in [4.69, 9.17) is 9.05 Å². The molecule has 1 atom stereocenters. The fraction of sp³-hybridized carbons (Fsp3) is 0.350. The molecule has 1 saturated heterocycles. The molecule has 0 aliphatic carbocycles. The first-order chi connectivity index (χ1) is 14.0. The minimum atomic E-state index is -0.557. The molecular weight excluding hydrogens is 374 g/mol. The molecule has 0 spiro atoms. The third-order valence-corrected chi connectivity index (χ3v) is 4.91. The largest absolute Gasteiger partial charge is 0.360 e. The molecule has 0 radical (unpaired) electrons. The summed E-state index contributed by atoms with van der Waals surface area (Å²) in [6, 6.07) is 8.76. The lowest BCUT2D eigenvalue weighted by Gasteiger charge is -2.22. The smallest absolute Gasteiger partial charge is 0.248 e. The molecule has 9 heteroatoms. The van der Waals surface area contributed by atoms with Gasteiger partial charge in [-0.3, -0.25) is 9.59 Å². The number of hydrogen-bond acceptors (Lipinski definition) is 7. The summed E-state index contributed by atoms with van der Waals surface area (Å²) in [6.07, 6.45) is 1.29. The summed E-state index contributed by atoms with van der Waals surface area (Å²) in [4.78, 5) is 31.3. The summed E-state index contributed by atoms with van der Waals surface area (Å²) in [5, 5.41) is 10.4. The zero-order chi connectivity index (χ0) is 20.4. The number of aryl methyl sites for hydroxylation is 2. The molecule has 2 aromatic heterocycles. The second kappa shape index (κ2) is 7.86.